The Morgan fingerprint density at radius 1 is 0.392 bits per heavy atom. The lowest BCUT2D eigenvalue weighted by atomic mass is 10.0. The standard InChI is InChI=1S/C62H109O11P/c1-4-7-10-13-16-19-21-23-25-27-29-31-33-35-37-40-42-45-48-51-60(64)69-55-59(57-71-74(67,68)70-56-58(54-63)72-61(65)52-49-46-43-39-18-15-12-9-6-3)73-62(66)53-50-47-44-41-38-36-34-32-30-28-26-24-22-20-17-14-11-8-5-2/h8,11,17,20,24,26,30,32,36,38,44,47,58-59,63H,4-7,9-10,12-16,18-19,21-23,25,27-29,31,33-35,37,39-43,45-46,48-57H2,1-3H3,(H,67,68)/b11-8-,20-17-,26-24-,32-30-,38-36-,47-44-. The quantitative estimate of drug-likeness (QED) is 0.0197. The Balaban J connectivity index is 4.78. The second kappa shape index (κ2) is 56.1. The van der Waals surface area contributed by atoms with E-state index in [1.54, 1.807) is 0 Å². The number of rotatable bonds is 55. The Bertz CT molecular complexity index is 1520. The minimum atomic E-state index is -4.76. The first-order valence-corrected chi connectivity index (χ1v) is 31.3. The number of aliphatic hydroxyl groups is 1. The lowest BCUT2D eigenvalue weighted by Crippen LogP contribution is -2.30. The molecule has 0 spiro atoms. The van der Waals surface area contributed by atoms with Crippen LogP contribution in [0.3, 0.4) is 0 Å². The molecule has 2 N–H and O–H groups in total. The molecule has 74 heavy (non-hydrogen) atoms. The summed E-state index contributed by atoms with van der Waals surface area (Å²) in [6, 6.07) is 0. The van der Waals surface area contributed by atoms with Crippen molar-refractivity contribution in [3.05, 3.63) is 72.9 Å². The van der Waals surface area contributed by atoms with Gasteiger partial charge in [0.25, 0.3) is 0 Å². The van der Waals surface area contributed by atoms with Crippen molar-refractivity contribution in [2.24, 2.45) is 0 Å². The first-order valence-electron chi connectivity index (χ1n) is 29.8. The van der Waals surface area contributed by atoms with Gasteiger partial charge in [0.2, 0.25) is 0 Å². The van der Waals surface area contributed by atoms with Crippen molar-refractivity contribution in [1.29, 1.82) is 0 Å². The highest BCUT2D eigenvalue weighted by Gasteiger charge is 2.28. The number of carbonyl (C=O) groups is 3. The van der Waals surface area contributed by atoms with Crippen LogP contribution in [0.25, 0.3) is 0 Å². The van der Waals surface area contributed by atoms with Crippen LogP contribution in [0.2, 0.25) is 0 Å². The van der Waals surface area contributed by atoms with Crippen LogP contribution in [0.1, 0.15) is 265 Å². The Morgan fingerprint density at radius 2 is 0.703 bits per heavy atom. The van der Waals surface area contributed by atoms with E-state index in [4.69, 9.17) is 23.3 Å². The molecule has 428 valence electrons. The number of carbonyl (C=O) groups excluding carboxylic acids is 3. The van der Waals surface area contributed by atoms with E-state index in [0.717, 1.165) is 77.0 Å². The van der Waals surface area contributed by atoms with Crippen molar-refractivity contribution in [1.82, 2.24) is 0 Å². The Kier molecular flexibility index (Phi) is 53.8. The maximum atomic E-state index is 12.9. The Morgan fingerprint density at radius 3 is 1.08 bits per heavy atom. The number of hydrogen-bond acceptors (Lipinski definition) is 10. The van der Waals surface area contributed by atoms with Gasteiger partial charge in [0.1, 0.15) is 12.7 Å². The molecule has 0 aliphatic carbocycles. The van der Waals surface area contributed by atoms with E-state index in [2.05, 4.69) is 81.5 Å². The van der Waals surface area contributed by atoms with Crippen LogP contribution < -0.4 is 0 Å². The number of aliphatic hydroxyl groups excluding tert-OH is 1. The van der Waals surface area contributed by atoms with E-state index < -0.39 is 57.8 Å². The van der Waals surface area contributed by atoms with Crippen molar-refractivity contribution >= 4 is 25.7 Å². The number of hydrogen-bond donors (Lipinski definition) is 2. The zero-order chi connectivity index (χ0) is 54.1. The number of esters is 3. The summed E-state index contributed by atoms with van der Waals surface area (Å²) in [5.74, 6) is -1.56. The molecule has 3 atom stereocenters. The SMILES string of the molecule is CC/C=C\C/C=C\C/C=C\C/C=C\C/C=C\C/C=C\CCC(=O)OC(COC(=O)CCCCCCCCCCCCCCCCCCCCC)COP(=O)(O)OCC(CO)OC(=O)CCCCCCCCCCC. The second-order valence-electron chi connectivity index (χ2n) is 19.8. The van der Waals surface area contributed by atoms with Gasteiger partial charge < -0.3 is 24.2 Å². The second-order valence-corrected chi connectivity index (χ2v) is 21.2. The smallest absolute Gasteiger partial charge is 0.462 e. The molecule has 0 heterocycles. The summed E-state index contributed by atoms with van der Waals surface area (Å²) < 4.78 is 39.4. The third-order valence-corrected chi connectivity index (χ3v) is 13.6. The highest BCUT2D eigenvalue weighted by Crippen LogP contribution is 2.43. The zero-order valence-electron chi connectivity index (χ0n) is 47.3. The molecule has 0 rings (SSSR count). The average molecular weight is 1060 g/mol. The number of phosphoric acid groups is 1. The van der Waals surface area contributed by atoms with Crippen LogP contribution in [0.4, 0.5) is 0 Å². The molecule has 0 fully saturated rings. The molecule has 0 bridgehead atoms. The van der Waals surface area contributed by atoms with Gasteiger partial charge in [-0.15, -0.1) is 0 Å². The van der Waals surface area contributed by atoms with E-state index in [1.807, 2.05) is 12.2 Å². The minimum absolute atomic E-state index is 0.0435. The summed E-state index contributed by atoms with van der Waals surface area (Å²) in [7, 11) is -4.76. The highest BCUT2D eigenvalue weighted by molar-refractivity contribution is 7.47. The van der Waals surface area contributed by atoms with Gasteiger partial charge in [-0.3, -0.25) is 23.4 Å². The topological polar surface area (TPSA) is 155 Å². The van der Waals surface area contributed by atoms with Crippen molar-refractivity contribution < 1.29 is 52.2 Å². The van der Waals surface area contributed by atoms with E-state index >= 15 is 0 Å². The molecule has 0 amide bonds. The molecule has 0 saturated heterocycles. The van der Waals surface area contributed by atoms with Crippen molar-refractivity contribution in [3.63, 3.8) is 0 Å². The fourth-order valence-corrected chi connectivity index (χ4v) is 8.93. The largest absolute Gasteiger partial charge is 0.472 e. The van der Waals surface area contributed by atoms with Gasteiger partial charge in [-0.1, -0.05) is 261 Å². The molecule has 0 saturated carbocycles. The zero-order valence-corrected chi connectivity index (χ0v) is 48.2. The summed E-state index contributed by atoms with van der Waals surface area (Å²) in [6.07, 6.45) is 63.2. The summed E-state index contributed by atoms with van der Waals surface area (Å²) >= 11 is 0. The molecule has 12 heteroatoms. The molecule has 0 aromatic rings. The number of allylic oxidation sites excluding steroid dienone is 12. The summed E-state index contributed by atoms with van der Waals surface area (Å²) in [5, 5.41) is 9.78. The summed E-state index contributed by atoms with van der Waals surface area (Å²) in [4.78, 5) is 48.5. The minimum Gasteiger partial charge on any atom is -0.462 e. The van der Waals surface area contributed by atoms with Gasteiger partial charge in [-0.2, -0.15) is 0 Å². The Labute approximate surface area is 452 Å². The van der Waals surface area contributed by atoms with Crippen molar-refractivity contribution in [2.75, 3.05) is 26.4 Å². The average Bonchev–Trinajstić information content (AvgIpc) is 3.39. The highest BCUT2D eigenvalue weighted by atomic mass is 31.2. The van der Waals surface area contributed by atoms with E-state index in [1.165, 1.54) is 128 Å². The molecular formula is C62H109O11P. The van der Waals surface area contributed by atoms with Crippen LogP contribution in [0.15, 0.2) is 72.9 Å². The van der Waals surface area contributed by atoms with Crippen LogP contribution in [0, 0.1) is 0 Å². The predicted molar refractivity (Wildman–Crippen MR) is 307 cm³/mol. The van der Waals surface area contributed by atoms with Crippen LogP contribution in [-0.2, 0) is 42.2 Å². The first kappa shape index (κ1) is 70.9. The van der Waals surface area contributed by atoms with E-state index in [0.29, 0.717) is 19.3 Å². The number of phosphoric ester groups is 1. The lowest BCUT2D eigenvalue weighted by Gasteiger charge is -2.21. The predicted octanol–water partition coefficient (Wildman–Crippen LogP) is 17.7. The third kappa shape index (κ3) is 53.7. The first-order chi connectivity index (χ1) is 36.2. The molecule has 0 aromatic carbocycles. The molecule has 0 radical (unpaired) electrons. The van der Waals surface area contributed by atoms with Crippen LogP contribution >= 0.6 is 7.82 Å². The molecule has 3 unspecified atom stereocenters. The van der Waals surface area contributed by atoms with Gasteiger partial charge in [0.15, 0.2) is 6.10 Å². The van der Waals surface area contributed by atoms with Crippen molar-refractivity contribution in [3.8, 4) is 0 Å². The van der Waals surface area contributed by atoms with Crippen molar-refractivity contribution in [2.45, 2.75) is 277 Å². The summed E-state index contributed by atoms with van der Waals surface area (Å²) in [5.41, 5.74) is 0. The van der Waals surface area contributed by atoms with Gasteiger partial charge in [0.05, 0.1) is 19.8 Å². The lowest BCUT2D eigenvalue weighted by molar-refractivity contribution is -0.161. The van der Waals surface area contributed by atoms with Crippen LogP contribution in [-0.4, -0.2) is 66.5 Å². The fourth-order valence-electron chi connectivity index (χ4n) is 8.15. The van der Waals surface area contributed by atoms with Crippen LogP contribution in [0.5, 0.6) is 0 Å². The molecular weight excluding hydrogens is 952 g/mol. The molecule has 11 nitrogen and oxygen atoms in total. The number of unbranched alkanes of at least 4 members (excludes halogenated alkanes) is 26. The monoisotopic (exact) mass is 1060 g/mol. The normalized spacial score (nSPS) is 13.9. The third-order valence-electron chi connectivity index (χ3n) is 12.7. The Hall–Kier alpha value is -3.08. The molecule has 0 aliphatic heterocycles. The van der Waals surface area contributed by atoms with Gasteiger partial charge in [-0.05, 0) is 57.8 Å². The molecule has 0 aliphatic rings. The van der Waals surface area contributed by atoms with E-state index in [9.17, 15) is 28.9 Å². The number of ether oxygens (including phenoxy) is 3. The van der Waals surface area contributed by atoms with Gasteiger partial charge >= 0.3 is 25.7 Å². The van der Waals surface area contributed by atoms with Gasteiger partial charge in [0, 0.05) is 19.3 Å². The van der Waals surface area contributed by atoms with Gasteiger partial charge in [-0.25, -0.2) is 4.57 Å². The molecule has 0 aromatic heterocycles. The fraction of sp³-hybridized carbons (Fsp3) is 0.758. The maximum absolute atomic E-state index is 12.9. The summed E-state index contributed by atoms with van der Waals surface area (Å²) in [6.45, 7) is 4.45. The van der Waals surface area contributed by atoms with E-state index in [-0.39, 0.29) is 25.9 Å². The maximum Gasteiger partial charge on any atom is 0.472 e.